The molecule has 202 valence electrons. The van der Waals surface area contributed by atoms with Crippen LogP contribution in [-0.2, 0) is 18.5 Å². The first kappa shape index (κ1) is 27.1. The van der Waals surface area contributed by atoms with E-state index in [4.69, 9.17) is 0 Å². The molecule has 0 unspecified atom stereocenters. The SMILES string of the molecule is O=C(NCc1cccc(C(F)(F)F)c1)c1ccc(CSc2nnc(-c3cccnc3)n2-c2ccccc2F)cc1. The number of thioether (sulfide) groups is 1. The lowest BCUT2D eigenvalue weighted by Gasteiger charge is -2.11. The van der Waals surface area contributed by atoms with E-state index in [0.29, 0.717) is 39.1 Å². The molecule has 40 heavy (non-hydrogen) atoms. The van der Waals surface area contributed by atoms with E-state index in [1.54, 1.807) is 65.5 Å². The van der Waals surface area contributed by atoms with E-state index in [0.717, 1.165) is 17.7 Å². The molecule has 11 heteroatoms. The summed E-state index contributed by atoms with van der Waals surface area (Å²) in [7, 11) is 0. The molecule has 0 saturated carbocycles. The van der Waals surface area contributed by atoms with Crippen LogP contribution in [0.2, 0.25) is 0 Å². The van der Waals surface area contributed by atoms with E-state index >= 15 is 0 Å². The van der Waals surface area contributed by atoms with Gasteiger partial charge < -0.3 is 5.32 Å². The summed E-state index contributed by atoms with van der Waals surface area (Å²) in [6.45, 7) is -0.0364. The Balaban J connectivity index is 1.27. The van der Waals surface area contributed by atoms with Crippen LogP contribution in [0.15, 0.2) is 102 Å². The molecular weight excluding hydrogens is 542 g/mol. The van der Waals surface area contributed by atoms with Gasteiger partial charge in [-0.1, -0.05) is 48.2 Å². The number of hydrogen-bond acceptors (Lipinski definition) is 5. The smallest absolute Gasteiger partial charge is 0.348 e. The number of rotatable bonds is 8. The van der Waals surface area contributed by atoms with Crippen molar-refractivity contribution in [2.75, 3.05) is 0 Å². The molecule has 2 aromatic heterocycles. The summed E-state index contributed by atoms with van der Waals surface area (Å²) >= 11 is 1.35. The van der Waals surface area contributed by atoms with E-state index in [9.17, 15) is 22.4 Å². The molecule has 0 aliphatic heterocycles. The van der Waals surface area contributed by atoms with Gasteiger partial charge in [-0.2, -0.15) is 13.2 Å². The zero-order valence-electron chi connectivity index (χ0n) is 20.8. The van der Waals surface area contributed by atoms with Gasteiger partial charge in [0, 0.05) is 35.8 Å². The van der Waals surface area contributed by atoms with Crippen LogP contribution >= 0.6 is 11.8 Å². The molecule has 5 aromatic rings. The van der Waals surface area contributed by atoms with E-state index in [2.05, 4.69) is 20.5 Å². The molecule has 6 nitrogen and oxygen atoms in total. The fourth-order valence-electron chi connectivity index (χ4n) is 3.94. The topological polar surface area (TPSA) is 72.7 Å². The van der Waals surface area contributed by atoms with Crippen molar-refractivity contribution in [3.63, 3.8) is 0 Å². The summed E-state index contributed by atoms with van der Waals surface area (Å²) in [4.78, 5) is 16.7. The van der Waals surface area contributed by atoms with Crippen LogP contribution in [0.1, 0.15) is 27.0 Å². The van der Waals surface area contributed by atoms with Crippen LogP contribution in [0.3, 0.4) is 0 Å². The van der Waals surface area contributed by atoms with Gasteiger partial charge in [-0.05, 0) is 59.7 Å². The van der Waals surface area contributed by atoms with Gasteiger partial charge in [0.05, 0.1) is 11.3 Å². The third-order valence-electron chi connectivity index (χ3n) is 5.94. The Morgan fingerprint density at radius 2 is 1.70 bits per heavy atom. The van der Waals surface area contributed by atoms with Crippen molar-refractivity contribution in [1.29, 1.82) is 0 Å². The summed E-state index contributed by atoms with van der Waals surface area (Å²) in [6, 6.07) is 21.6. The summed E-state index contributed by atoms with van der Waals surface area (Å²) < 4.78 is 55.2. The highest BCUT2D eigenvalue weighted by Crippen LogP contribution is 2.31. The second-order valence-corrected chi connectivity index (χ2v) is 9.64. The highest BCUT2D eigenvalue weighted by atomic mass is 32.2. The van der Waals surface area contributed by atoms with E-state index in [-0.39, 0.29) is 6.54 Å². The molecule has 0 aliphatic rings. The van der Waals surface area contributed by atoms with Crippen molar-refractivity contribution < 1.29 is 22.4 Å². The minimum absolute atomic E-state index is 0.0364. The number of halogens is 4. The van der Waals surface area contributed by atoms with Crippen molar-refractivity contribution in [3.8, 4) is 17.1 Å². The van der Waals surface area contributed by atoms with Gasteiger partial charge in [0.15, 0.2) is 11.0 Å². The molecule has 0 radical (unpaired) electrons. The van der Waals surface area contributed by atoms with Crippen LogP contribution in [0.5, 0.6) is 0 Å². The number of aromatic nitrogens is 4. The molecule has 1 N–H and O–H groups in total. The van der Waals surface area contributed by atoms with Crippen LogP contribution < -0.4 is 5.32 Å². The molecule has 3 aromatic carbocycles. The number of benzene rings is 3. The minimum atomic E-state index is -4.45. The molecular formula is C29H21F4N5OS. The zero-order valence-corrected chi connectivity index (χ0v) is 21.6. The Labute approximate surface area is 231 Å². The monoisotopic (exact) mass is 563 g/mol. The van der Waals surface area contributed by atoms with Gasteiger partial charge in [0.25, 0.3) is 5.91 Å². The third-order valence-corrected chi connectivity index (χ3v) is 6.94. The molecule has 0 aliphatic carbocycles. The molecule has 0 atom stereocenters. The number of para-hydroxylation sites is 1. The van der Waals surface area contributed by atoms with Crippen LogP contribution in [0, 0.1) is 5.82 Å². The molecule has 0 fully saturated rings. The quantitative estimate of drug-likeness (QED) is 0.168. The maximum Gasteiger partial charge on any atom is 0.416 e. The molecule has 5 rings (SSSR count). The largest absolute Gasteiger partial charge is 0.416 e. The highest BCUT2D eigenvalue weighted by molar-refractivity contribution is 7.98. The Bertz CT molecular complexity index is 1620. The second kappa shape index (κ2) is 11.7. The summed E-state index contributed by atoms with van der Waals surface area (Å²) in [5.74, 6) is 0.0893. The lowest BCUT2D eigenvalue weighted by molar-refractivity contribution is -0.137. The number of hydrogen-bond donors (Lipinski definition) is 1. The Morgan fingerprint density at radius 3 is 2.42 bits per heavy atom. The standard InChI is InChI=1S/C29H21F4N5OS/c30-24-8-1-2-9-25(24)38-26(22-6-4-14-34-17-22)36-37-28(38)40-18-19-10-12-21(13-11-19)27(39)35-16-20-5-3-7-23(15-20)29(31,32)33/h1-15,17H,16,18H2,(H,35,39). The number of nitrogens with one attached hydrogen (secondary N) is 1. The molecule has 1 amide bonds. The molecule has 0 spiro atoms. The van der Waals surface area contributed by atoms with Crippen molar-refractivity contribution in [1.82, 2.24) is 25.1 Å². The van der Waals surface area contributed by atoms with Gasteiger partial charge in [-0.15, -0.1) is 10.2 Å². The second-order valence-electron chi connectivity index (χ2n) is 8.70. The zero-order chi connectivity index (χ0) is 28.1. The first-order valence-electron chi connectivity index (χ1n) is 12.1. The van der Waals surface area contributed by atoms with Crippen molar-refractivity contribution in [3.05, 3.63) is 125 Å². The number of pyridine rings is 1. The number of carbonyl (C=O) groups is 1. The average molecular weight is 564 g/mol. The molecule has 2 heterocycles. The first-order valence-corrected chi connectivity index (χ1v) is 13.0. The maximum atomic E-state index is 14.8. The normalized spacial score (nSPS) is 11.4. The van der Waals surface area contributed by atoms with Crippen molar-refractivity contribution in [2.24, 2.45) is 0 Å². The molecule has 0 saturated heterocycles. The Morgan fingerprint density at radius 1 is 0.900 bits per heavy atom. The third kappa shape index (κ3) is 6.20. The van der Waals surface area contributed by atoms with Crippen molar-refractivity contribution >= 4 is 17.7 Å². The van der Waals surface area contributed by atoms with Crippen LogP contribution in [0.25, 0.3) is 17.1 Å². The predicted molar refractivity (Wildman–Crippen MR) is 143 cm³/mol. The average Bonchev–Trinajstić information content (AvgIpc) is 3.39. The summed E-state index contributed by atoms with van der Waals surface area (Å²) in [5.41, 5.74) is 1.83. The number of nitrogens with zero attached hydrogens (tertiary/aromatic N) is 4. The van der Waals surface area contributed by atoms with Gasteiger partial charge in [-0.3, -0.25) is 14.3 Å². The van der Waals surface area contributed by atoms with Gasteiger partial charge in [0.2, 0.25) is 0 Å². The summed E-state index contributed by atoms with van der Waals surface area (Å²) in [6.07, 6.45) is -1.18. The first-order chi connectivity index (χ1) is 19.3. The number of carbonyl (C=O) groups excluding carboxylic acids is 1. The maximum absolute atomic E-state index is 14.8. The van der Waals surface area contributed by atoms with Crippen LogP contribution in [-0.4, -0.2) is 25.7 Å². The lowest BCUT2D eigenvalue weighted by atomic mass is 10.1. The van der Waals surface area contributed by atoms with Crippen LogP contribution in [0.4, 0.5) is 17.6 Å². The fraction of sp³-hybridized carbons (Fsp3) is 0.103. The predicted octanol–water partition coefficient (Wildman–Crippen LogP) is 6.71. The van der Waals surface area contributed by atoms with Crippen molar-refractivity contribution in [2.45, 2.75) is 23.6 Å². The van der Waals surface area contributed by atoms with Gasteiger partial charge in [0.1, 0.15) is 5.82 Å². The number of amides is 1. The lowest BCUT2D eigenvalue weighted by Crippen LogP contribution is -2.23. The number of alkyl halides is 3. The van der Waals surface area contributed by atoms with E-state index in [1.165, 1.54) is 30.0 Å². The van der Waals surface area contributed by atoms with Gasteiger partial charge in [-0.25, -0.2) is 4.39 Å². The Kier molecular flexibility index (Phi) is 7.92. The van der Waals surface area contributed by atoms with E-state index < -0.39 is 23.5 Å². The highest BCUT2D eigenvalue weighted by Gasteiger charge is 2.30. The van der Waals surface area contributed by atoms with Gasteiger partial charge >= 0.3 is 6.18 Å². The minimum Gasteiger partial charge on any atom is -0.348 e. The fourth-order valence-corrected chi connectivity index (χ4v) is 4.84. The summed E-state index contributed by atoms with van der Waals surface area (Å²) in [5, 5.41) is 11.7. The molecule has 0 bridgehead atoms. The Hall–Kier alpha value is -4.51. The van der Waals surface area contributed by atoms with E-state index in [1.807, 2.05) is 6.07 Å².